The zero-order chi connectivity index (χ0) is 19.4. The van der Waals surface area contributed by atoms with Crippen LogP contribution >= 0.6 is 0 Å². The van der Waals surface area contributed by atoms with Crippen molar-refractivity contribution in [2.24, 2.45) is 0 Å². The van der Waals surface area contributed by atoms with Crippen LogP contribution in [0.1, 0.15) is 5.56 Å². The number of carbonyl (C=O) groups excluding carboxylic acids is 1. The van der Waals surface area contributed by atoms with Crippen molar-refractivity contribution in [3.63, 3.8) is 0 Å². The first-order valence-electron chi connectivity index (χ1n) is 8.14. The Labute approximate surface area is 154 Å². The van der Waals surface area contributed by atoms with Crippen molar-refractivity contribution in [2.45, 2.75) is 13.1 Å². The Morgan fingerprint density at radius 3 is 2.59 bits per heavy atom. The summed E-state index contributed by atoms with van der Waals surface area (Å²) >= 11 is 0. The van der Waals surface area contributed by atoms with Gasteiger partial charge in [-0.15, -0.1) is 0 Å². The van der Waals surface area contributed by atoms with Gasteiger partial charge < -0.3 is 9.64 Å². The normalized spacial score (nSPS) is 10.6. The van der Waals surface area contributed by atoms with E-state index in [1.54, 1.807) is 37.4 Å². The average molecular weight is 371 g/mol. The number of likely N-dealkylation sites (N-methyl/N-ethyl adjacent to an activating group) is 1. The number of amides is 1. The number of hydrogen-bond acceptors (Lipinski definition) is 5. The molecule has 0 saturated heterocycles. The molecule has 0 fully saturated rings. The summed E-state index contributed by atoms with van der Waals surface area (Å²) in [5, 5.41) is 7.55. The molecule has 2 aromatic carbocycles. The number of hydrogen-bond donors (Lipinski definition) is 0. The van der Waals surface area contributed by atoms with Gasteiger partial charge in [-0.2, -0.15) is 9.36 Å². The molecule has 0 aliphatic rings. The van der Waals surface area contributed by atoms with E-state index in [1.165, 1.54) is 24.1 Å². The monoisotopic (exact) mass is 371 g/mol. The van der Waals surface area contributed by atoms with Gasteiger partial charge in [0.25, 0.3) is 0 Å². The van der Waals surface area contributed by atoms with E-state index in [-0.39, 0.29) is 24.7 Å². The van der Waals surface area contributed by atoms with E-state index < -0.39 is 11.5 Å². The highest BCUT2D eigenvalue weighted by atomic mass is 19.1. The maximum absolute atomic E-state index is 13.8. The highest BCUT2D eigenvalue weighted by Gasteiger charge is 2.16. The molecule has 140 valence electrons. The van der Waals surface area contributed by atoms with Crippen molar-refractivity contribution < 1.29 is 13.9 Å². The van der Waals surface area contributed by atoms with Crippen molar-refractivity contribution in [3.8, 4) is 11.4 Å². The third kappa shape index (κ3) is 4.02. The van der Waals surface area contributed by atoms with Crippen molar-refractivity contribution in [3.05, 3.63) is 70.4 Å². The number of ether oxygens (including phenoxy) is 1. The number of carbonyl (C=O) groups is 1. The number of para-hydroxylation sites is 1. The van der Waals surface area contributed by atoms with Crippen molar-refractivity contribution >= 4 is 5.91 Å². The number of tetrazole rings is 1. The second-order valence-corrected chi connectivity index (χ2v) is 5.89. The molecule has 0 bridgehead atoms. The molecule has 0 unspecified atom stereocenters. The van der Waals surface area contributed by atoms with Gasteiger partial charge in [-0.3, -0.25) is 4.79 Å². The summed E-state index contributed by atoms with van der Waals surface area (Å²) in [6.45, 7) is -0.0812. The molecule has 1 amide bonds. The molecule has 0 atom stereocenters. The van der Waals surface area contributed by atoms with Gasteiger partial charge in [-0.25, -0.2) is 9.18 Å². The number of benzene rings is 2. The summed E-state index contributed by atoms with van der Waals surface area (Å²) < 4.78 is 20.7. The van der Waals surface area contributed by atoms with Crippen LogP contribution in [0, 0.1) is 5.82 Å². The SMILES string of the molecule is COc1ccc(CN(C)C(=O)Cn2nnn(-c3ccccc3)c2=O)cc1F. The molecule has 9 heteroatoms. The maximum Gasteiger partial charge on any atom is 0.368 e. The molecule has 3 aromatic rings. The topological polar surface area (TPSA) is 82.2 Å². The molecule has 1 aromatic heterocycles. The lowest BCUT2D eigenvalue weighted by Crippen LogP contribution is -2.34. The smallest absolute Gasteiger partial charge is 0.368 e. The van der Waals surface area contributed by atoms with Gasteiger partial charge >= 0.3 is 5.69 Å². The van der Waals surface area contributed by atoms with E-state index in [0.717, 1.165) is 9.36 Å². The quantitative estimate of drug-likeness (QED) is 0.651. The fraction of sp³-hybridized carbons (Fsp3) is 0.222. The highest BCUT2D eigenvalue weighted by Crippen LogP contribution is 2.18. The first-order valence-corrected chi connectivity index (χ1v) is 8.14. The van der Waals surface area contributed by atoms with Gasteiger partial charge in [0.15, 0.2) is 11.6 Å². The number of rotatable bonds is 6. The maximum atomic E-state index is 13.8. The Balaban J connectivity index is 1.69. The van der Waals surface area contributed by atoms with Crippen LogP contribution in [0.2, 0.25) is 0 Å². The summed E-state index contributed by atoms with van der Waals surface area (Å²) in [4.78, 5) is 26.1. The molecule has 3 rings (SSSR count). The van der Waals surface area contributed by atoms with Gasteiger partial charge in [0, 0.05) is 13.6 Å². The lowest BCUT2D eigenvalue weighted by atomic mass is 10.2. The second kappa shape index (κ2) is 7.81. The molecular weight excluding hydrogens is 353 g/mol. The lowest BCUT2D eigenvalue weighted by Gasteiger charge is -2.17. The van der Waals surface area contributed by atoms with Crippen LogP contribution < -0.4 is 10.4 Å². The zero-order valence-corrected chi connectivity index (χ0v) is 14.9. The Morgan fingerprint density at radius 2 is 1.93 bits per heavy atom. The minimum atomic E-state index is -0.515. The largest absolute Gasteiger partial charge is 0.494 e. The van der Waals surface area contributed by atoms with E-state index in [2.05, 4.69) is 10.4 Å². The lowest BCUT2D eigenvalue weighted by molar-refractivity contribution is -0.131. The molecule has 27 heavy (non-hydrogen) atoms. The van der Waals surface area contributed by atoms with Crippen molar-refractivity contribution in [1.82, 2.24) is 24.7 Å². The molecule has 0 aliphatic heterocycles. The standard InChI is InChI=1S/C18H18FN5O3/c1-22(11-13-8-9-16(27-2)15(19)10-13)17(25)12-23-18(26)24(21-20-23)14-6-4-3-5-7-14/h3-10H,11-12H2,1-2H3. The summed E-state index contributed by atoms with van der Waals surface area (Å²) in [6.07, 6.45) is 0. The van der Waals surface area contributed by atoms with Gasteiger partial charge in [0.2, 0.25) is 5.91 Å². The average Bonchev–Trinajstić information content (AvgIpc) is 3.03. The third-order valence-corrected chi connectivity index (χ3v) is 3.99. The van der Waals surface area contributed by atoms with Crippen LogP contribution in [0.5, 0.6) is 5.75 Å². The summed E-state index contributed by atoms with van der Waals surface area (Å²) in [6, 6.07) is 13.3. The Kier molecular flexibility index (Phi) is 5.30. The number of nitrogens with zero attached hydrogens (tertiary/aromatic N) is 5. The number of halogens is 1. The van der Waals surface area contributed by atoms with Crippen LogP contribution in [0.3, 0.4) is 0 Å². The van der Waals surface area contributed by atoms with Crippen molar-refractivity contribution in [1.29, 1.82) is 0 Å². The van der Waals surface area contributed by atoms with Crippen LogP contribution in [0.15, 0.2) is 53.3 Å². The fourth-order valence-electron chi connectivity index (χ4n) is 2.52. The summed E-state index contributed by atoms with van der Waals surface area (Å²) in [5.41, 5.74) is 0.645. The van der Waals surface area contributed by atoms with Crippen molar-refractivity contribution in [2.75, 3.05) is 14.2 Å². The first-order chi connectivity index (χ1) is 13.0. The van der Waals surface area contributed by atoms with Crippen LogP contribution in [0.25, 0.3) is 5.69 Å². The Bertz CT molecular complexity index is 1000. The molecule has 0 saturated carbocycles. The first kappa shape index (κ1) is 18.3. The van der Waals surface area contributed by atoms with E-state index in [0.29, 0.717) is 11.3 Å². The molecule has 0 radical (unpaired) electrons. The number of aromatic nitrogens is 4. The van der Waals surface area contributed by atoms with Crippen LogP contribution in [-0.2, 0) is 17.9 Å². The Morgan fingerprint density at radius 1 is 1.19 bits per heavy atom. The van der Waals surface area contributed by atoms with Gasteiger partial charge in [0.1, 0.15) is 6.54 Å². The zero-order valence-electron chi connectivity index (χ0n) is 14.9. The molecule has 1 heterocycles. The minimum absolute atomic E-state index is 0.136. The minimum Gasteiger partial charge on any atom is -0.494 e. The van der Waals surface area contributed by atoms with E-state index in [1.807, 2.05) is 6.07 Å². The van der Waals surface area contributed by atoms with E-state index in [4.69, 9.17) is 4.74 Å². The molecular formula is C18H18FN5O3. The second-order valence-electron chi connectivity index (χ2n) is 5.89. The van der Waals surface area contributed by atoms with Gasteiger partial charge in [-0.1, -0.05) is 24.3 Å². The predicted octanol–water partition coefficient (Wildman–Crippen LogP) is 1.24. The van der Waals surface area contributed by atoms with Gasteiger partial charge in [0.05, 0.1) is 12.8 Å². The molecule has 8 nitrogen and oxygen atoms in total. The Hall–Kier alpha value is -3.49. The predicted molar refractivity (Wildman–Crippen MR) is 95.0 cm³/mol. The highest BCUT2D eigenvalue weighted by molar-refractivity contribution is 5.75. The number of methoxy groups -OCH3 is 1. The van der Waals surface area contributed by atoms with Crippen LogP contribution in [0.4, 0.5) is 4.39 Å². The van der Waals surface area contributed by atoms with E-state index in [9.17, 15) is 14.0 Å². The summed E-state index contributed by atoms with van der Waals surface area (Å²) in [7, 11) is 2.95. The molecule has 0 spiro atoms. The van der Waals surface area contributed by atoms with E-state index >= 15 is 0 Å². The molecule has 0 N–H and O–H groups in total. The third-order valence-electron chi connectivity index (χ3n) is 3.99. The summed E-state index contributed by atoms with van der Waals surface area (Å²) in [5.74, 6) is -0.719. The molecule has 0 aliphatic carbocycles. The van der Waals surface area contributed by atoms with Gasteiger partial charge in [-0.05, 0) is 40.3 Å². The van der Waals surface area contributed by atoms with Crippen LogP contribution in [-0.4, -0.2) is 44.8 Å². The fourth-order valence-corrected chi connectivity index (χ4v) is 2.52.